The molecule has 0 unspecified atom stereocenters. The molecule has 1 aliphatic heterocycles. The standard InChI is InChI=1S/C32H35N3O4S/c1-37-18-8-16-33-32(36)28-22-40-31(34-28)21-35(20-24-13-14-29-30(19-24)39-23-38-29)17-15-27(25-9-4-2-5-10-25)26-11-6-3-7-12-26/h2-7,9-14,19,22,27H,8,15-18,20-21,23H2,1H3,(H,33,36). The molecule has 2 heterocycles. The average Bonchev–Trinajstić information content (AvgIpc) is 3.66. The summed E-state index contributed by atoms with van der Waals surface area (Å²) in [6, 6.07) is 27.5. The molecule has 3 aromatic carbocycles. The minimum Gasteiger partial charge on any atom is -0.454 e. The molecule has 0 bridgehead atoms. The molecule has 5 rings (SSSR count). The number of carbonyl (C=O) groups excluding carboxylic acids is 1. The van der Waals surface area contributed by atoms with E-state index in [1.54, 1.807) is 7.11 Å². The number of nitrogens with zero attached hydrogens (tertiary/aromatic N) is 2. The van der Waals surface area contributed by atoms with Crippen molar-refractivity contribution in [1.82, 2.24) is 15.2 Å². The Labute approximate surface area is 239 Å². The van der Waals surface area contributed by atoms with Crippen LogP contribution >= 0.6 is 11.3 Å². The maximum absolute atomic E-state index is 12.6. The van der Waals surface area contributed by atoms with E-state index in [0.717, 1.165) is 48.0 Å². The van der Waals surface area contributed by atoms with Crippen LogP contribution in [0, 0.1) is 0 Å². The van der Waals surface area contributed by atoms with E-state index in [0.29, 0.717) is 25.4 Å². The Hall–Kier alpha value is -3.72. The van der Waals surface area contributed by atoms with Crippen molar-refractivity contribution in [3.8, 4) is 11.5 Å². The van der Waals surface area contributed by atoms with E-state index in [1.165, 1.54) is 22.5 Å². The Balaban J connectivity index is 1.32. The first-order valence-electron chi connectivity index (χ1n) is 13.6. The summed E-state index contributed by atoms with van der Waals surface area (Å²) in [7, 11) is 1.66. The first-order chi connectivity index (χ1) is 19.7. The molecule has 0 atom stereocenters. The van der Waals surface area contributed by atoms with Crippen LogP contribution in [0.2, 0.25) is 0 Å². The van der Waals surface area contributed by atoms with Crippen molar-refractivity contribution in [2.75, 3.05) is 33.6 Å². The van der Waals surface area contributed by atoms with Crippen LogP contribution in [0.1, 0.15) is 50.9 Å². The number of hydrogen-bond acceptors (Lipinski definition) is 7. The lowest BCUT2D eigenvalue weighted by Gasteiger charge is -2.25. The Morgan fingerprint density at radius 3 is 2.45 bits per heavy atom. The molecule has 0 fully saturated rings. The van der Waals surface area contributed by atoms with Gasteiger partial charge in [-0.25, -0.2) is 4.98 Å². The summed E-state index contributed by atoms with van der Waals surface area (Å²) < 4.78 is 16.2. The highest BCUT2D eigenvalue weighted by molar-refractivity contribution is 7.09. The van der Waals surface area contributed by atoms with Gasteiger partial charge in [0, 0.05) is 38.1 Å². The van der Waals surface area contributed by atoms with Crippen LogP contribution in [-0.4, -0.2) is 49.4 Å². The Bertz CT molecular complexity index is 1320. The third-order valence-corrected chi connectivity index (χ3v) is 7.77. The summed E-state index contributed by atoms with van der Waals surface area (Å²) in [6.45, 7) is 3.66. The predicted molar refractivity (Wildman–Crippen MR) is 157 cm³/mol. The van der Waals surface area contributed by atoms with Crippen LogP contribution in [0.25, 0.3) is 0 Å². The first kappa shape index (κ1) is 27.8. The molecule has 1 amide bonds. The van der Waals surface area contributed by atoms with Gasteiger partial charge < -0.3 is 19.5 Å². The molecule has 0 radical (unpaired) electrons. The number of rotatable bonds is 14. The SMILES string of the molecule is COCCCNC(=O)c1csc(CN(CCC(c2ccccc2)c2ccccc2)Cc2ccc3c(c2)OCO3)n1. The summed E-state index contributed by atoms with van der Waals surface area (Å²) in [6.07, 6.45) is 1.71. The minimum atomic E-state index is -0.144. The number of fused-ring (bicyclic) bond motifs is 1. The average molecular weight is 558 g/mol. The molecule has 7 nitrogen and oxygen atoms in total. The van der Waals surface area contributed by atoms with Crippen LogP contribution in [-0.2, 0) is 17.8 Å². The molecule has 4 aromatic rings. The van der Waals surface area contributed by atoms with Gasteiger partial charge in [-0.2, -0.15) is 0 Å². The van der Waals surface area contributed by atoms with Crippen LogP contribution < -0.4 is 14.8 Å². The number of carbonyl (C=O) groups is 1. The van der Waals surface area contributed by atoms with Gasteiger partial charge in [0.05, 0.1) is 6.54 Å². The van der Waals surface area contributed by atoms with E-state index >= 15 is 0 Å². The van der Waals surface area contributed by atoms with E-state index < -0.39 is 0 Å². The molecule has 0 aliphatic carbocycles. The normalized spacial score (nSPS) is 12.3. The highest BCUT2D eigenvalue weighted by atomic mass is 32.1. The van der Waals surface area contributed by atoms with Crippen molar-refractivity contribution in [2.45, 2.75) is 31.8 Å². The minimum absolute atomic E-state index is 0.144. The second-order valence-corrected chi connectivity index (χ2v) is 10.7. The number of thiazole rings is 1. The second-order valence-electron chi connectivity index (χ2n) is 9.79. The van der Waals surface area contributed by atoms with Gasteiger partial charge in [-0.3, -0.25) is 9.69 Å². The van der Waals surface area contributed by atoms with E-state index in [9.17, 15) is 4.79 Å². The molecule has 208 valence electrons. The zero-order valence-electron chi connectivity index (χ0n) is 22.8. The fourth-order valence-corrected chi connectivity index (χ4v) is 5.72. The largest absolute Gasteiger partial charge is 0.454 e. The lowest BCUT2D eigenvalue weighted by molar-refractivity contribution is 0.0944. The number of aromatic nitrogens is 1. The highest BCUT2D eigenvalue weighted by Gasteiger charge is 2.20. The van der Waals surface area contributed by atoms with Crippen molar-refractivity contribution >= 4 is 17.2 Å². The molecule has 1 aromatic heterocycles. The Morgan fingerprint density at radius 1 is 1.00 bits per heavy atom. The summed E-state index contributed by atoms with van der Waals surface area (Å²) in [5, 5.41) is 5.69. The van der Waals surface area contributed by atoms with Gasteiger partial charge in [0.1, 0.15) is 10.7 Å². The van der Waals surface area contributed by atoms with Crippen molar-refractivity contribution in [3.05, 3.63) is 112 Å². The van der Waals surface area contributed by atoms with Crippen molar-refractivity contribution < 1.29 is 19.0 Å². The molecule has 0 saturated heterocycles. The van der Waals surface area contributed by atoms with Gasteiger partial charge in [0.2, 0.25) is 6.79 Å². The molecule has 1 aliphatic rings. The van der Waals surface area contributed by atoms with E-state index in [-0.39, 0.29) is 18.6 Å². The number of nitrogens with one attached hydrogen (secondary N) is 1. The number of hydrogen-bond donors (Lipinski definition) is 1. The molecular formula is C32H35N3O4S. The van der Waals surface area contributed by atoms with Gasteiger partial charge in [0.25, 0.3) is 5.91 Å². The van der Waals surface area contributed by atoms with Crippen LogP contribution in [0.4, 0.5) is 0 Å². The molecule has 8 heteroatoms. The maximum atomic E-state index is 12.6. The van der Waals surface area contributed by atoms with Crippen LogP contribution in [0.3, 0.4) is 0 Å². The van der Waals surface area contributed by atoms with Gasteiger partial charge in [-0.1, -0.05) is 66.7 Å². The lowest BCUT2D eigenvalue weighted by atomic mass is 9.88. The molecule has 0 spiro atoms. The van der Waals surface area contributed by atoms with Crippen molar-refractivity contribution in [3.63, 3.8) is 0 Å². The van der Waals surface area contributed by atoms with E-state index in [2.05, 4.69) is 88.0 Å². The van der Waals surface area contributed by atoms with Gasteiger partial charge in [-0.15, -0.1) is 11.3 Å². The predicted octanol–water partition coefficient (Wildman–Crippen LogP) is 5.86. The number of ether oxygens (including phenoxy) is 3. The van der Waals surface area contributed by atoms with E-state index in [4.69, 9.17) is 14.2 Å². The molecule has 1 N–H and O–H groups in total. The highest BCUT2D eigenvalue weighted by Crippen LogP contribution is 2.33. The molecular weight excluding hydrogens is 522 g/mol. The molecule has 40 heavy (non-hydrogen) atoms. The van der Waals surface area contributed by atoms with Crippen LogP contribution in [0.5, 0.6) is 11.5 Å². The number of amides is 1. The first-order valence-corrected chi connectivity index (χ1v) is 14.5. The number of benzene rings is 3. The monoisotopic (exact) mass is 557 g/mol. The summed E-state index contributed by atoms with van der Waals surface area (Å²) in [4.78, 5) is 19.7. The van der Waals surface area contributed by atoms with Crippen LogP contribution in [0.15, 0.2) is 84.2 Å². The van der Waals surface area contributed by atoms with Gasteiger partial charge in [-0.05, 0) is 48.2 Å². The number of methoxy groups -OCH3 is 1. The van der Waals surface area contributed by atoms with Crippen molar-refractivity contribution in [2.24, 2.45) is 0 Å². The topological polar surface area (TPSA) is 72.9 Å². The maximum Gasteiger partial charge on any atom is 0.270 e. The quantitative estimate of drug-likeness (QED) is 0.196. The van der Waals surface area contributed by atoms with E-state index in [1.807, 2.05) is 11.4 Å². The fraction of sp³-hybridized carbons (Fsp3) is 0.312. The third kappa shape index (κ3) is 7.47. The van der Waals surface area contributed by atoms with Crippen molar-refractivity contribution in [1.29, 1.82) is 0 Å². The lowest BCUT2D eigenvalue weighted by Crippen LogP contribution is -2.27. The zero-order chi connectivity index (χ0) is 27.6. The molecule has 0 saturated carbocycles. The Morgan fingerprint density at radius 2 is 1.73 bits per heavy atom. The zero-order valence-corrected chi connectivity index (χ0v) is 23.6. The Kier molecular flexibility index (Phi) is 9.79. The summed E-state index contributed by atoms with van der Waals surface area (Å²) in [5.74, 6) is 1.69. The third-order valence-electron chi connectivity index (χ3n) is 6.94. The summed E-state index contributed by atoms with van der Waals surface area (Å²) >= 11 is 1.52. The van der Waals surface area contributed by atoms with Gasteiger partial charge in [0.15, 0.2) is 11.5 Å². The summed E-state index contributed by atoms with van der Waals surface area (Å²) in [5.41, 5.74) is 4.22. The second kappa shape index (κ2) is 14.1. The smallest absolute Gasteiger partial charge is 0.270 e. The fourth-order valence-electron chi connectivity index (χ4n) is 4.91. The van der Waals surface area contributed by atoms with Gasteiger partial charge >= 0.3 is 0 Å².